The lowest BCUT2D eigenvalue weighted by atomic mass is 9.93. The van der Waals surface area contributed by atoms with Gasteiger partial charge in [0.15, 0.2) is 5.96 Å². The van der Waals surface area contributed by atoms with E-state index in [-0.39, 0.29) is 5.91 Å². The predicted octanol–water partition coefficient (Wildman–Crippen LogP) is 2.26. The van der Waals surface area contributed by atoms with Crippen LogP contribution in [0.2, 0.25) is 5.02 Å². The maximum absolute atomic E-state index is 11.5. The third kappa shape index (κ3) is 5.13. The van der Waals surface area contributed by atoms with Crippen molar-refractivity contribution in [2.24, 2.45) is 10.9 Å². The van der Waals surface area contributed by atoms with E-state index in [0.717, 1.165) is 42.5 Å². The highest BCUT2D eigenvalue weighted by Gasteiger charge is 2.23. The first-order valence-corrected chi connectivity index (χ1v) is 8.41. The number of likely N-dealkylation sites (tertiary alicyclic amines) is 1. The van der Waals surface area contributed by atoms with Gasteiger partial charge in [-0.3, -0.25) is 9.79 Å². The summed E-state index contributed by atoms with van der Waals surface area (Å²) >= 11 is 6.19. The summed E-state index contributed by atoms with van der Waals surface area (Å²) < 4.78 is 0. The molecule has 5 nitrogen and oxygen atoms in total. The van der Waals surface area contributed by atoms with Gasteiger partial charge in [0.05, 0.1) is 0 Å². The van der Waals surface area contributed by atoms with Crippen molar-refractivity contribution in [3.05, 3.63) is 34.9 Å². The van der Waals surface area contributed by atoms with Crippen LogP contribution >= 0.6 is 11.6 Å². The van der Waals surface area contributed by atoms with E-state index in [1.165, 1.54) is 0 Å². The SMILES string of the molecule is CN=C(NCc1ccccc1Cl)N1CCC(CC(=O)NC)CC1. The summed E-state index contributed by atoms with van der Waals surface area (Å²) in [6.45, 7) is 2.50. The number of hydrogen-bond donors (Lipinski definition) is 2. The van der Waals surface area contributed by atoms with Crippen molar-refractivity contribution in [1.29, 1.82) is 0 Å². The Bertz CT molecular complexity index is 553. The first-order chi connectivity index (χ1) is 11.1. The zero-order valence-electron chi connectivity index (χ0n) is 13.8. The van der Waals surface area contributed by atoms with Gasteiger partial charge in [-0.15, -0.1) is 0 Å². The van der Waals surface area contributed by atoms with Crippen LogP contribution in [-0.4, -0.2) is 44.0 Å². The standard InChI is InChI=1S/C17H25ClN4O/c1-19-16(23)11-13-7-9-22(10-8-13)17(20-2)21-12-14-5-3-4-6-15(14)18/h3-6,13H,7-12H2,1-2H3,(H,19,23)(H,20,21). The minimum absolute atomic E-state index is 0.129. The molecule has 1 aromatic rings. The molecule has 0 radical (unpaired) electrons. The van der Waals surface area contributed by atoms with Crippen LogP contribution in [0.1, 0.15) is 24.8 Å². The number of benzene rings is 1. The van der Waals surface area contributed by atoms with Gasteiger partial charge in [-0.05, 0) is 30.4 Å². The van der Waals surface area contributed by atoms with Gasteiger partial charge < -0.3 is 15.5 Å². The summed E-state index contributed by atoms with van der Waals surface area (Å²) in [5.41, 5.74) is 1.06. The number of carbonyl (C=O) groups excluding carboxylic acids is 1. The molecule has 0 bridgehead atoms. The highest BCUT2D eigenvalue weighted by molar-refractivity contribution is 6.31. The topological polar surface area (TPSA) is 56.7 Å². The number of nitrogens with one attached hydrogen (secondary N) is 2. The lowest BCUT2D eigenvalue weighted by Crippen LogP contribution is -2.45. The number of guanidine groups is 1. The molecule has 0 aliphatic carbocycles. The maximum Gasteiger partial charge on any atom is 0.220 e. The number of aliphatic imine (C=N–C) groups is 1. The van der Waals surface area contributed by atoms with E-state index < -0.39 is 0 Å². The molecule has 1 heterocycles. The van der Waals surface area contributed by atoms with Crippen molar-refractivity contribution in [3.63, 3.8) is 0 Å². The zero-order valence-corrected chi connectivity index (χ0v) is 14.6. The lowest BCUT2D eigenvalue weighted by molar-refractivity contribution is -0.121. The molecule has 0 unspecified atom stereocenters. The van der Waals surface area contributed by atoms with Gasteiger partial charge in [0.1, 0.15) is 0 Å². The summed E-state index contributed by atoms with van der Waals surface area (Å²) in [5, 5.41) is 6.84. The van der Waals surface area contributed by atoms with E-state index in [1.807, 2.05) is 24.3 Å². The molecule has 0 saturated carbocycles. The Balaban J connectivity index is 1.83. The van der Waals surface area contributed by atoms with E-state index in [4.69, 9.17) is 11.6 Å². The Morgan fingerprint density at radius 2 is 2.04 bits per heavy atom. The van der Waals surface area contributed by atoms with Crippen LogP contribution in [0.5, 0.6) is 0 Å². The number of piperidine rings is 1. The third-order valence-corrected chi connectivity index (χ3v) is 4.64. The van der Waals surface area contributed by atoms with Gasteiger partial charge in [0, 0.05) is 45.2 Å². The molecule has 1 aromatic carbocycles. The molecule has 0 atom stereocenters. The molecule has 1 amide bonds. The number of hydrogen-bond acceptors (Lipinski definition) is 2. The number of rotatable bonds is 4. The van der Waals surface area contributed by atoms with Crippen molar-refractivity contribution in [2.75, 3.05) is 27.2 Å². The average Bonchev–Trinajstić information content (AvgIpc) is 2.58. The van der Waals surface area contributed by atoms with Gasteiger partial charge in [-0.1, -0.05) is 29.8 Å². The fourth-order valence-corrected chi connectivity index (χ4v) is 3.06. The summed E-state index contributed by atoms with van der Waals surface area (Å²) in [6, 6.07) is 7.82. The first-order valence-electron chi connectivity index (χ1n) is 8.03. The van der Waals surface area contributed by atoms with Crippen molar-refractivity contribution >= 4 is 23.5 Å². The number of amides is 1. The van der Waals surface area contributed by atoms with E-state index in [9.17, 15) is 4.79 Å². The summed E-state index contributed by atoms with van der Waals surface area (Å²) in [5.74, 6) is 1.49. The van der Waals surface area contributed by atoms with Crippen LogP contribution in [0.4, 0.5) is 0 Å². The minimum atomic E-state index is 0.129. The van der Waals surface area contributed by atoms with Crippen molar-refractivity contribution in [3.8, 4) is 0 Å². The second kappa shape index (κ2) is 8.77. The normalized spacial score (nSPS) is 16.3. The minimum Gasteiger partial charge on any atom is -0.359 e. The lowest BCUT2D eigenvalue weighted by Gasteiger charge is -2.34. The molecule has 23 heavy (non-hydrogen) atoms. The van der Waals surface area contributed by atoms with Crippen LogP contribution in [0, 0.1) is 5.92 Å². The summed E-state index contributed by atoms with van der Waals surface area (Å²) in [7, 11) is 3.49. The number of carbonyl (C=O) groups is 1. The second-order valence-electron chi connectivity index (χ2n) is 5.80. The highest BCUT2D eigenvalue weighted by atomic mass is 35.5. The molecule has 1 fully saturated rings. The van der Waals surface area contributed by atoms with Gasteiger partial charge in [0.25, 0.3) is 0 Å². The highest BCUT2D eigenvalue weighted by Crippen LogP contribution is 2.20. The molecule has 2 rings (SSSR count). The Kier molecular flexibility index (Phi) is 6.71. The molecule has 1 saturated heterocycles. The summed E-state index contributed by atoms with van der Waals surface area (Å²) in [4.78, 5) is 18.1. The van der Waals surface area contributed by atoms with Crippen LogP contribution in [0.25, 0.3) is 0 Å². The van der Waals surface area contributed by atoms with E-state index in [2.05, 4.69) is 20.5 Å². The quantitative estimate of drug-likeness (QED) is 0.655. The average molecular weight is 337 g/mol. The Morgan fingerprint density at radius 1 is 1.35 bits per heavy atom. The molecule has 126 valence electrons. The molecular formula is C17H25ClN4O. The van der Waals surface area contributed by atoms with Crippen molar-refractivity contribution in [2.45, 2.75) is 25.8 Å². The smallest absolute Gasteiger partial charge is 0.220 e. The Labute approximate surface area is 143 Å². The molecule has 1 aliphatic heterocycles. The second-order valence-corrected chi connectivity index (χ2v) is 6.21. The Hall–Kier alpha value is -1.75. The van der Waals surface area contributed by atoms with Crippen LogP contribution in [0.15, 0.2) is 29.3 Å². The fourth-order valence-electron chi connectivity index (χ4n) is 2.86. The monoisotopic (exact) mass is 336 g/mol. The molecular weight excluding hydrogens is 312 g/mol. The largest absolute Gasteiger partial charge is 0.359 e. The molecule has 0 aromatic heterocycles. The van der Waals surface area contributed by atoms with Gasteiger partial charge >= 0.3 is 0 Å². The fraction of sp³-hybridized carbons (Fsp3) is 0.529. The number of nitrogens with zero attached hydrogens (tertiary/aromatic N) is 2. The Morgan fingerprint density at radius 3 is 2.65 bits per heavy atom. The van der Waals surface area contributed by atoms with Crippen LogP contribution in [0.3, 0.4) is 0 Å². The molecule has 2 N–H and O–H groups in total. The van der Waals surface area contributed by atoms with E-state index in [1.54, 1.807) is 14.1 Å². The summed E-state index contributed by atoms with van der Waals surface area (Å²) in [6.07, 6.45) is 2.65. The van der Waals surface area contributed by atoms with Crippen LogP contribution < -0.4 is 10.6 Å². The van der Waals surface area contributed by atoms with Gasteiger partial charge in [-0.2, -0.15) is 0 Å². The predicted molar refractivity (Wildman–Crippen MR) is 94.6 cm³/mol. The number of halogens is 1. The first kappa shape index (κ1) is 17.6. The van der Waals surface area contributed by atoms with E-state index in [0.29, 0.717) is 18.9 Å². The zero-order chi connectivity index (χ0) is 16.7. The molecule has 1 aliphatic rings. The molecule has 0 spiro atoms. The van der Waals surface area contributed by atoms with Gasteiger partial charge in [0.2, 0.25) is 5.91 Å². The van der Waals surface area contributed by atoms with Crippen molar-refractivity contribution < 1.29 is 4.79 Å². The van der Waals surface area contributed by atoms with Crippen LogP contribution in [-0.2, 0) is 11.3 Å². The maximum atomic E-state index is 11.5. The van der Waals surface area contributed by atoms with Crippen molar-refractivity contribution in [1.82, 2.24) is 15.5 Å². The van der Waals surface area contributed by atoms with E-state index >= 15 is 0 Å². The van der Waals surface area contributed by atoms with Gasteiger partial charge in [-0.25, -0.2) is 0 Å². The third-order valence-electron chi connectivity index (χ3n) is 4.27. The molecule has 6 heteroatoms.